The van der Waals surface area contributed by atoms with Crippen molar-refractivity contribution in [2.75, 3.05) is 46.4 Å². The molecule has 1 aliphatic heterocycles. The summed E-state index contributed by atoms with van der Waals surface area (Å²) in [5.74, 6) is 0. The first-order valence-electron chi connectivity index (χ1n) is 6.94. The van der Waals surface area contributed by atoms with Crippen molar-refractivity contribution < 1.29 is 9.84 Å². The molecule has 0 atom stereocenters. The van der Waals surface area contributed by atoms with E-state index in [4.69, 9.17) is 4.74 Å². The molecule has 0 bridgehead atoms. The summed E-state index contributed by atoms with van der Waals surface area (Å²) in [5.41, 5.74) is 0. The molecule has 1 N–H and O–H groups in total. The van der Waals surface area contributed by atoms with E-state index in [9.17, 15) is 5.11 Å². The summed E-state index contributed by atoms with van der Waals surface area (Å²) in [7, 11) is 2.23. The molecule has 2 aliphatic rings. The van der Waals surface area contributed by atoms with Crippen LogP contribution < -0.4 is 0 Å². The number of morpholine rings is 1. The predicted molar refractivity (Wildman–Crippen MR) is 68.2 cm³/mol. The van der Waals surface area contributed by atoms with E-state index in [0.29, 0.717) is 6.04 Å². The molecule has 0 amide bonds. The molecule has 1 saturated heterocycles. The van der Waals surface area contributed by atoms with E-state index < -0.39 is 0 Å². The lowest BCUT2D eigenvalue weighted by atomic mass is 9.92. The maximum Gasteiger partial charge on any atom is 0.0594 e. The van der Waals surface area contributed by atoms with Crippen LogP contribution >= 0.6 is 0 Å². The highest BCUT2D eigenvalue weighted by atomic mass is 16.5. The topological polar surface area (TPSA) is 35.9 Å². The number of ether oxygens (including phenoxy) is 1. The van der Waals surface area contributed by atoms with Gasteiger partial charge in [-0.2, -0.15) is 0 Å². The molecule has 0 aromatic rings. The lowest BCUT2D eigenvalue weighted by Crippen LogP contribution is -2.44. The van der Waals surface area contributed by atoms with Gasteiger partial charge in [-0.05, 0) is 32.7 Å². The van der Waals surface area contributed by atoms with Crippen LogP contribution in [0.2, 0.25) is 0 Å². The zero-order valence-electron chi connectivity index (χ0n) is 11.0. The van der Waals surface area contributed by atoms with Gasteiger partial charge in [0.1, 0.15) is 0 Å². The first kappa shape index (κ1) is 13.3. The Morgan fingerprint density at radius 1 is 1.18 bits per heavy atom. The molecule has 2 fully saturated rings. The summed E-state index contributed by atoms with van der Waals surface area (Å²) < 4.78 is 5.35. The quantitative estimate of drug-likeness (QED) is 0.781. The standard InChI is InChI=1S/C13H26N2O2/c1-14(12-2-4-13(16)5-3-12)6-7-15-8-10-17-11-9-15/h12-13,16H,2-11H2,1H3. The lowest BCUT2D eigenvalue weighted by Gasteiger charge is -2.35. The Hall–Kier alpha value is -0.160. The average Bonchev–Trinajstić information content (AvgIpc) is 2.38. The van der Waals surface area contributed by atoms with Gasteiger partial charge in [-0.1, -0.05) is 0 Å². The van der Waals surface area contributed by atoms with Crippen LogP contribution in [-0.4, -0.2) is 73.5 Å². The van der Waals surface area contributed by atoms with E-state index in [-0.39, 0.29) is 6.10 Å². The van der Waals surface area contributed by atoms with Gasteiger partial charge in [-0.25, -0.2) is 0 Å². The molecule has 4 heteroatoms. The summed E-state index contributed by atoms with van der Waals surface area (Å²) in [6, 6.07) is 0.680. The van der Waals surface area contributed by atoms with Crippen LogP contribution in [0.3, 0.4) is 0 Å². The van der Waals surface area contributed by atoms with Gasteiger partial charge in [-0.3, -0.25) is 4.90 Å². The lowest BCUT2D eigenvalue weighted by molar-refractivity contribution is 0.0287. The Labute approximate surface area is 105 Å². The molecule has 100 valence electrons. The molecule has 0 aromatic carbocycles. The highest BCUT2D eigenvalue weighted by Crippen LogP contribution is 2.21. The van der Waals surface area contributed by atoms with Crippen molar-refractivity contribution in [2.45, 2.75) is 37.8 Å². The van der Waals surface area contributed by atoms with Crippen LogP contribution in [0, 0.1) is 0 Å². The number of hydrogen-bond acceptors (Lipinski definition) is 4. The van der Waals surface area contributed by atoms with Gasteiger partial charge >= 0.3 is 0 Å². The van der Waals surface area contributed by atoms with Crippen molar-refractivity contribution in [1.29, 1.82) is 0 Å². The fourth-order valence-electron chi connectivity index (χ4n) is 2.81. The SMILES string of the molecule is CN(CCN1CCOCC1)C1CCC(O)CC1. The molecule has 0 unspecified atom stereocenters. The van der Waals surface area contributed by atoms with Gasteiger partial charge < -0.3 is 14.7 Å². The number of aliphatic hydroxyl groups excluding tert-OH is 1. The highest BCUT2D eigenvalue weighted by Gasteiger charge is 2.22. The molecule has 0 spiro atoms. The molecular weight excluding hydrogens is 216 g/mol. The fraction of sp³-hybridized carbons (Fsp3) is 1.00. The van der Waals surface area contributed by atoms with Crippen molar-refractivity contribution in [3.05, 3.63) is 0 Å². The van der Waals surface area contributed by atoms with Crippen LogP contribution in [0.15, 0.2) is 0 Å². The molecule has 4 nitrogen and oxygen atoms in total. The number of likely N-dealkylation sites (N-methyl/N-ethyl adjacent to an activating group) is 1. The molecular formula is C13H26N2O2. The second kappa shape index (κ2) is 6.69. The third-order valence-electron chi connectivity index (χ3n) is 4.16. The Morgan fingerprint density at radius 3 is 2.47 bits per heavy atom. The summed E-state index contributed by atoms with van der Waals surface area (Å²) in [4.78, 5) is 4.96. The monoisotopic (exact) mass is 242 g/mol. The van der Waals surface area contributed by atoms with Gasteiger partial charge in [0.25, 0.3) is 0 Å². The number of nitrogens with zero attached hydrogens (tertiary/aromatic N) is 2. The van der Waals surface area contributed by atoms with Crippen LogP contribution in [0.4, 0.5) is 0 Å². The maximum absolute atomic E-state index is 9.50. The van der Waals surface area contributed by atoms with Crippen LogP contribution in [0.25, 0.3) is 0 Å². The minimum Gasteiger partial charge on any atom is -0.393 e. The van der Waals surface area contributed by atoms with Crippen molar-refractivity contribution in [2.24, 2.45) is 0 Å². The van der Waals surface area contributed by atoms with E-state index in [0.717, 1.165) is 65.1 Å². The third kappa shape index (κ3) is 4.21. The van der Waals surface area contributed by atoms with E-state index >= 15 is 0 Å². The van der Waals surface area contributed by atoms with Gasteiger partial charge in [0, 0.05) is 32.2 Å². The highest BCUT2D eigenvalue weighted by molar-refractivity contribution is 4.78. The Bertz CT molecular complexity index is 211. The van der Waals surface area contributed by atoms with E-state index in [1.807, 2.05) is 0 Å². The Kier molecular flexibility index (Phi) is 5.22. The maximum atomic E-state index is 9.50. The van der Waals surface area contributed by atoms with Gasteiger partial charge in [-0.15, -0.1) is 0 Å². The van der Waals surface area contributed by atoms with Gasteiger partial charge in [0.2, 0.25) is 0 Å². The smallest absolute Gasteiger partial charge is 0.0594 e. The molecule has 1 aliphatic carbocycles. The van der Waals surface area contributed by atoms with Crippen LogP contribution in [-0.2, 0) is 4.74 Å². The second-order valence-corrected chi connectivity index (χ2v) is 5.40. The van der Waals surface area contributed by atoms with Crippen molar-refractivity contribution in [3.8, 4) is 0 Å². The molecule has 17 heavy (non-hydrogen) atoms. The number of rotatable bonds is 4. The average molecular weight is 242 g/mol. The predicted octanol–water partition coefficient (Wildman–Crippen LogP) is 0.554. The normalized spacial score (nSPS) is 31.9. The Balaban J connectivity index is 1.64. The van der Waals surface area contributed by atoms with Crippen molar-refractivity contribution >= 4 is 0 Å². The van der Waals surface area contributed by atoms with Gasteiger partial charge in [0.05, 0.1) is 19.3 Å². The van der Waals surface area contributed by atoms with Crippen LogP contribution in [0.1, 0.15) is 25.7 Å². The zero-order valence-corrected chi connectivity index (χ0v) is 11.0. The fourth-order valence-corrected chi connectivity index (χ4v) is 2.81. The minimum atomic E-state index is -0.0427. The van der Waals surface area contributed by atoms with Crippen molar-refractivity contribution in [1.82, 2.24) is 9.80 Å². The molecule has 1 heterocycles. The second-order valence-electron chi connectivity index (χ2n) is 5.40. The van der Waals surface area contributed by atoms with Crippen molar-refractivity contribution in [3.63, 3.8) is 0 Å². The minimum absolute atomic E-state index is 0.0427. The largest absolute Gasteiger partial charge is 0.393 e. The molecule has 0 aromatic heterocycles. The van der Waals surface area contributed by atoms with E-state index in [2.05, 4.69) is 16.8 Å². The van der Waals surface area contributed by atoms with Gasteiger partial charge in [0.15, 0.2) is 0 Å². The Morgan fingerprint density at radius 2 is 1.82 bits per heavy atom. The van der Waals surface area contributed by atoms with Crippen LogP contribution in [0.5, 0.6) is 0 Å². The number of aliphatic hydroxyl groups is 1. The van der Waals surface area contributed by atoms with E-state index in [1.165, 1.54) is 0 Å². The first-order valence-corrected chi connectivity index (χ1v) is 6.94. The third-order valence-corrected chi connectivity index (χ3v) is 4.16. The zero-order chi connectivity index (χ0) is 12.1. The summed E-state index contributed by atoms with van der Waals surface area (Å²) in [6.45, 7) is 6.23. The molecule has 2 rings (SSSR count). The van der Waals surface area contributed by atoms with E-state index in [1.54, 1.807) is 0 Å². The molecule has 0 radical (unpaired) electrons. The number of hydrogen-bond donors (Lipinski definition) is 1. The molecule has 1 saturated carbocycles. The summed E-state index contributed by atoms with van der Waals surface area (Å²) in [6.07, 6.45) is 4.22. The summed E-state index contributed by atoms with van der Waals surface area (Å²) >= 11 is 0. The summed E-state index contributed by atoms with van der Waals surface area (Å²) in [5, 5.41) is 9.50. The first-order chi connectivity index (χ1) is 8.25.